The van der Waals surface area contributed by atoms with Gasteiger partial charge >= 0.3 is 6.18 Å². The van der Waals surface area contributed by atoms with Gasteiger partial charge in [0, 0.05) is 19.6 Å². The van der Waals surface area contributed by atoms with Crippen molar-refractivity contribution in [2.24, 2.45) is 0 Å². The molecule has 0 spiro atoms. The van der Waals surface area contributed by atoms with Crippen LogP contribution in [0, 0.1) is 0 Å². The van der Waals surface area contributed by atoms with Crippen LogP contribution in [0.3, 0.4) is 0 Å². The SMILES string of the molecule is CN1CCNCC1c1cc(C(F)(F)F)n[nH]1. The fourth-order valence-electron chi connectivity index (χ4n) is 1.81. The number of hydrogen-bond acceptors (Lipinski definition) is 3. The van der Waals surface area contributed by atoms with Gasteiger partial charge in [0.15, 0.2) is 5.69 Å². The summed E-state index contributed by atoms with van der Waals surface area (Å²) in [6.45, 7) is 2.30. The molecule has 1 aliphatic rings. The van der Waals surface area contributed by atoms with Crippen LogP contribution in [0.4, 0.5) is 13.2 Å². The first-order chi connectivity index (χ1) is 7.48. The maximum absolute atomic E-state index is 12.4. The summed E-state index contributed by atoms with van der Waals surface area (Å²) >= 11 is 0. The van der Waals surface area contributed by atoms with E-state index in [9.17, 15) is 13.2 Å². The van der Waals surface area contributed by atoms with E-state index in [0.717, 1.165) is 19.2 Å². The minimum absolute atomic E-state index is 0.0719. The van der Waals surface area contributed by atoms with Gasteiger partial charge in [0.05, 0.1) is 11.7 Å². The molecule has 7 heteroatoms. The molecule has 2 N–H and O–H groups in total. The number of alkyl halides is 3. The van der Waals surface area contributed by atoms with Gasteiger partial charge in [-0.2, -0.15) is 18.3 Å². The van der Waals surface area contributed by atoms with E-state index in [0.29, 0.717) is 12.2 Å². The molecule has 2 heterocycles. The lowest BCUT2D eigenvalue weighted by Gasteiger charge is -2.32. The number of likely N-dealkylation sites (N-methyl/N-ethyl adjacent to an activating group) is 1. The Morgan fingerprint density at radius 3 is 2.81 bits per heavy atom. The third kappa shape index (κ3) is 2.19. The summed E-state index contributed by atoms with van der Waals surface area (Å²) in [5, 5.41) is 8.89. The molecule has 1 aromatic heterocycles. The van der Waals surface area contributed by atoms with Crippen LogP contribution >= 0.6 is 0 Å². The van der Waals surface area contributed by atoms with E-state index in [1.54, 1.807) is 0 Å². The number of aromatic amines is 1. The van der Waals surface area contributed by atoms with E-state index in [2.05, 4.69) is 15.5 Å². The molecule has 0 aliphatic carbocycles. The highest BCUT2D eigenvalue weighted by Crippen LogP contribution is 2.29. The lowest BCUT2D eigenvalue weighted by molar-refractivity contribution is -0.141. The molecule has 1 unspecified atom stereocenters. The highest BCUT2D eigenvalue weighted by molar-refractivity contribution is 5.16. The van der Waals surface area contributed by atoms with Crippen LogP contribution in [-0.2, 0) is 6.18 Å². The van der Waals surface area contributed by atoms with E-state index >= 15 is 0 Å². The number of halogens is 3. The number of H-pyrrole nitrogens is 1. The molecule has 0 bridgehead atoms. The quantitative estimate of drug-likeness (QED) is 0.762. The standard InChI is InChI=1S/C9H13F3N4/c1-16-3-2-13-5-7(16)6-4-8(15-14-6)9(10,11)12/h4,7,13H,2-3,5H2,1H3,(H,14,15). The summed E-state index contributed by atoms with van der Waals surface area (Å²) in [5.41, 5.74) is -0.358. The van der Waals surface area contributed by atoms with Crippen LogP contribution in [0.2, 0.25) is 0 Å². The van der Waals surface area contributed by atoms with Gasteiger partial charge in [0.2, 0.25) is 0 Å². The fraction of sp³-hybridized carbons (Fsp3) is 0.667. The normalized spacial score (nSPS) is 23.6. The molecule has 1 atom stereocenters. The van der Waals surface area contributed by atoms with Crippen molar-refractivity contribution in [3.05, 3.63) is 17.5 Å². The lowest BCUT2D eigenvalue weighted by atomic mass is 10.1. The van der Waals surface area contributed by atoms with E-state index in [-0.39, 0.29) is 6.04 Å². The van der Waals surface area contributed by atoms with E-state index in [4.69, 9.17) is 0 Å². The molecule has 1 saturated heterocycles. The second-order valence-corrected chi connectivity index (χ2v) is 3.91. The number of nitrogens with one attached hydrogen (secondary N) is 2. The summed E-state index contributed by atoms with van der Waals surface area (Å²) in [5.74, 6) is 0. The van der Waals surface area contributed by atoms with Gasteiger partial charge in [0.25, 0.3) is 0 Å². The van der Waals surface area contributed by atoms with Crippen LogP contribution in [0.5, 0.6) is 0 Å². The Morgan fingerprint density at radius 2 is 2.25 bits per heavy atom. The minimum Gasteiger partial charge on any atom is -0.313 e. The third-order valence-electron chi connectivity index (χ3n) is 2.76. The predicted octanol–water partition coefficient (Wildman–Crippen LogP) is 1.00. The molecule has 0 aromatic carbocycles. The smallest absolute Gasteiger partial charge is 0.313 e. The molecule has 4 nitrogen and oxygen atoms in total. The van der Waals surface area contributed by atoms with Gasteiger partial charge in [-0.25, -0.2) is 0 Å². The molecular formula is C9H13F3N4. The van der Waals surface area contributed by atoms with Gasteiger partial charge in [-0.15, -0.1) is 0 Å². The zero-order chi connectivity index (χ0) is 11.8. The Hall–Kier alpha value is -1.08. The second-order valence-electron chi connectivity index (χ2n) is 3.91. The summed E-state index contributed by atoms with van der Waals surface area (Å²) in [4.78, 5) is 2.00. The van der Waals surface area contributed by atoms with Gasteiger partial charge in [0.1, 0.15) is 0 Å². The minimum atomic E-state index is -4.38. The van der Waals surface area contributed by atoms with Crippen molar-refractivity contribution in [2.75, 3.05) is 26.7 Å². The summed E-state index contributed by atoms with van der Waals surface area (Å²) in [6.07, 6.45) is -4.38. The molecule has 1 aliphatic heterocycles. The molecule has 2 rings (SSSR count). The van der Waals surface area contributed by atoms with Crippen molar-refractivity contribution in [2.45, 2.75) is 12.2 Å². The Kier molecular flexibility index (Phi) is 2.90. The highest BCUT2D eigenvalue weighted by atomic mass is 19.4. The van der Waals surface area contributed by atoms with Gasteiger partial charge in [-0.05, 0) is 13.1 Å². The Morgan fingerprint density at radius 1 is 1.50 bits per heavy atom. The van der Waals surface area contributed by atoms with Crippen LogP contribution in [0.15, 0.2) is 6.07 Å². The highest BCUT2D eigenvalue weighted by Gasteiger charge is 2.35. The Bertz CT molecular complexity index is 360. The van der Waals surface area contributed by atoms with Crippen molar-refractivity contribution in [1.82, 2.24) is 20.4 Å². The largest absolute Gasteiger partial charge is 0.435 e. The molecule has 0 radical (unpaired) electrons. The predicted molar refractivity (Wildman–Crippen MR) is 51.8 cm³/mol. The van der Waals surface area contributed by atoms with Gasteiger partial charge < -0.3 is 5.32 Å². The maximum Gasteiger partial charge on any atom is 0.435 e. The van der Waals surface area contributed by atoms with Crippen LogP contribution in [0.1, 0.15) is 17.4 Å². The van der Waals surface area contributed by atoms with Crippen LogP contribution in [0.25, 0.3) is 0 Å². The Labute approximate surface area is 90.8 Å². The van der Waals surface area contributed by atoms with Crippen molar-refractivity contribution in [3.8, 4) is 0 Å². The summed E-state index contributed by atoms with van der Waals surface area (Å²) in [7, 11) is 1.89. The number of piperazine rings is 1. The maximum atomic E-state index is 12.4. The number of aromatic nitrogens is 2. The van der Waals surface area contributed by atoms with E-state index < -0.39 is 11.9 Å². The number of hydrogen-bond donors (Lipinski definition) is 2. The zero-order valence-electron chi connectivity index (χ0n) is 8.80. The third-order valence-corrected chi connectivity index (χ3v) is 2.76. The molecule has 0 saturated carbocycles. The molecule has 1 fully saturated rings. The number of rotatable bonds is 1. The number of nitrogens with zero attached hydrogens (tertiary/aromatic N) is 2. The van der Waals surface area contributed by atoms with Crippen LogP contribution < -0.4 is 5.32 Å². The first-order valence-electron chi connectivity index (χ1n) is 5.02. The van der Waals surface area contributed by atoms with Gasteiger partial charge in [-0.1, -0.05) is 0 Å². The topological polar surface area (TPSA) is 44.0 Å². The Balaban J connectivity index is 2.18. The molecule has 0 amide bonds. The monoisotopic (exact) mass is 234 g/mol. The molecule has 90 valence electrons. The molecule has 16 heavy (non-hydrogen) atoms. The van der Waals surface area contributed by atoms with Crippen molar-refractivity contribution in [1.29, 1.82) is 0 Å². The second kappa shape index (κ2) is 4.06. The van der Waals surface area contributed by atoms with E-state index in [1.807, 2.05) is 11.9 Å². The molecule has 1 aromatic rings. The average Bonchev–Trinajstić information content (AvgIpc) is 2.66. The van der Waals surface area contributed by atoms with E-state index in [1.165, 1.54) is 0 Å². The fourth-order valence-corrected chi connectivity index (χ4v) is 1.81. The average molecular weight is 234 g/mol. The van der Waals surface area contributed by atoms with Crippen molar-refractivity contribution >= 4 is 0 Å². The first-order valence-corrected chi connectivity index (χ1v) is 5.02. The summed E-state index contributed by atoms with van der Waals surface area (Å²) in [6, 6.07) is 1.01. The summed E-state index contributed by atoms with van der Waals surface area (Å²) < 4.78 is 37.1. The van der Waals surface area contributed by atoms with Crippen molar-refractivity contribution < 1.29 is 13.2 Å². The van der Waals surface area contributed by atoms with Gasteiger partial charge in [-0.3, -0.25) is 10.00 Å². The zero-order valence-corrected chi connectivity index (χ0v) is 8.80. The van der Waals surface area contributed by atoms with Crippen molar-refractivity contribution in [3.63, 3.8) is 0 Å². The lowest BCUT2D eigenvalue weighted by Crippen LogP contribution is -2.43. The molecular weight excluding hydrogens is 221 g/mol. The van der Waals surface area contributed by atoms with Crippen LogP contribution in [-0.4, -0.2) is 41.8 Å². The first kappa shape index (κ1) is 11.4.